The topological polar surface area (TPSA) is 41.1 Å². The number of nitrogens with zero attached hydrogens (tertiary/aromatic N) is 3. The number of piperidine rings is 1. The van der Waals surface area contributed by atoms with Crippen LogP contribution in [0.15, 0.2) is 35.7 Å². The lowest BCUT2D eigenvalue weighted by atomic mass is 10.1. The molecule has 1 atom stereocenters. The minimum atomic E-state index is 0.296. The summed E-state index contributed by atoms with van der Waals surface area (Å²) in [6, 6.07) is 11.1. The molecule has 1 N–H and O–H groups in total. The fraction of sp³-hybridized carbons (Fsp3) is 0.455. The predicted octanol–water partition coefficient (Wildman–Crippen LogP) is 5.23. The van der Waals surface area contributed by atoms with E-state index in [0.717, 1.165) is 43.1 Å². The molecule has 2 aromatic heterocycles. The highest BCUT2D eigenvalue weighted by Gasteiger charge is 2.19. The van der Waals surface area contributed by atoms with E-state index in [1.54, 1.807) is 11.3 Å². The van der Waals surface area contributed by atoms with Gasteiger partial charge in [0.05, 0.1) is 11.6 Å². The molecule has 142 valence electrons. The summed E-state index contributed by atoms with van der Waals surface area (Å²) in [5, 5.41) is 8.28. The third kappa shape index (κ3) is 4.14. The van der Waals surface area contributed by atoms with Gasteiger partial charge in [0.25, 0.3) is 0 Å². The van der Waals surface area contributed by atoms with Crippen molar-refractivity contribution < 1.29 is 0 Å². The highest BCUT2D eigenvalue weighted by atomic mass is 32.1. The number of benzene rings is 1. The summed E-state index contributed by atoms with van der Waals surface area (Å²) < 4.78 is 0. The first-order valence-electron chi connectivity index (χ1n) is 10.0. The zero-order chi connectivity index (χ0) is 18.6. The molecule has 27 heavy (non-hydrogen) atoms. The minimum Gasteiger partial charge on any atom is -0.356 e. The summed E-state index contributed by atoms with van der Waals surface area (Å²) in [6.45, 7) is 7.33. The third-order valence-corrected chi connectivity index (χ3v) is 6.39. The van der Waals surface area contributed by atoms with Crippen molar-refractivity contribution in [2.75, 3.05) is 18.0 Å². The van der Waals surface area contributed by atoms with Crippen LogP contribution < -0.4 is 10.2 Å². The summed E-state index contributed by atoms with van der Waals surface area (Å²) in [6.07, 6.45) is 4.89. The number of nitrogens with one attached hydrogen (secondary N) is 1. The van der Waals surface area contributed by atoms with Gasteiger partial charge in [0, 0.05) is 41.7 Å². The molecule has 0 spiro atoms. The number of fused-ring (bicyclic) bond motifs is 1. The Bertz CT molecular complexity index is 898. The maximum absolute atomic E-state index is 5.05. The lowest BCUT2D eigenvalue weighted by molar-refractivity contribution is 0.513. The number of thiazole rings is 1. The van der Waals surface area contributed by atoms with Crippen molar-refractivity contribution in [1.82, 2.24) is 15.3 Å². The van der Waals surface area contributed by atoms with Crippen molar-refractivity contribution >= 4 is 28.1 Å². The lowest BCUT2D eigenvalue weighted by Crippen LogP contribution is -2.32. The second-order valence-corrected chi connectivity index (χ2v) is 8.27. The Kier molecular flexibility index (Phi) is 5.69. The fourth-order valence-corrected chi connectivity index (χ4v) is 4.79. The monoisotopic (exact) mass is 380 g/mol. The summed E-state index contributed by atoms with van der Waals surface area (Å²) in [4.78, 5) is 12.2. The molecule has 1 unspecified atom stereocenters. The largest absolute Gasteiger partial charge is 0.356 e. The number of pyridine rings is 1. The molecule has 0 bridgehead atoms. The van der Waals surface area contributed by atoms with Gasteiger partial charge in [0.15, 0.2) is 0 Å². The fourth-order valence-electron chi connectivity index (χ4n) is 3.83. The number of hydrogen-bond acceptors (Lipinski definition) is 5. The Hall–Kier alpha value is -1.98. The molecular formula is C22H28N4S. The zero-order valence-electron chi connectivity index (χ0n) is 16.2. The van der Waals surface area contributed by atoms with Crippen LogP contribution in [0.2, 0.25) is 0 Å². The van der Waals surface area contributed by atoms with Crippen LogP contribution in [0.1, 0.15) is 54.9 Å². The highest BCUT2D eigenvalue weighted by Crippen LogP contribution is 2.28. The first-order chi connectivity index (χ1) is 13.2. The Labute approximate surface area is 165 Å². The second kappa shape index (κ2) is 8.36. The smallest absolute Gasteiger partial charge is 0.133 e. The zero-order valence-corrected chi connectivity index (χ0v) is 17.1. The van der Waals surface area contributed by atoms with E-state index in [2.05, 4.69) is 64.8 Å². The number of anilines is 1. The predicted molar refractivity (Wildman–Crippen MR) is 115 cm³/mol. The van der Waals surface area contributed by atoms with Crippen LogP contribution in [0.25, 0.3) is 10.9 Å². The quantitative estimate of drug-likeness (QED) is 0.636. The average Bonchev–Trinajstić information content (AvgIpc) is 3.14. The van der Waals surface area contributed by atoms with E-state index in [0.29, 0.717) is 6.04 Å². The summed E-state index contributed by atoms with van der Waals surface area (Å²) >= 11 is 1.75. The number of rotatable bonds is 6. The summed E-state index contributed by atoms with van der Waals surface area (Å²) in [7, 11) is 0. The van der Waals surface area contributed by atoms with Crippen LogP contribution in [0, 0.1) is 6.92 Å². The molecule has 1 aliphatic heterocycles. The second-order valence-electron chi connectivity index (χ2n) is 7.38. The molecule has 0 saturated carbocycles. The molecule has 1 aromatic carbocycles. The number of aromatic nitrogens is 2. The first kappa shape index (κ1) is 18.4. The van der Waals surface area contributed by atoms with E-state index in [1.165, 1.54) is 35.2 Å². The molecular weight excluding hydrogens is 352 g/mol. The normalized spacial score (nSPS) is 16.0. The van der Waals surface area contributed by atoms with Crippen molar-refractivity contribution in [1.29, 1.82) is 0 Å². The van der Waals surface area contributed by atoms with Crippen molar-refractivity contribution in [2.24, 2.45) is 0 Å². The Morgan fingerprint density at radius 1 is 1.15 bits per heavy atom. The van der Waals surface area contributed by atoms with E-state index in [4.69, 9.17) is 4.98 Å². The van der Waals surface area contributed by atoms with Crippen LogP contribution in [-0.4, -0.2) is 23.1 Å². The van der Waals surface area contributed by atoms with Crippen LogP contribution >= 0.6 is 11.3 Å². The maximum atomic E-state index is 5.05. The van der Waals surface area contributed by atoms with Gasteiger partial charge in [-0.05, 0) is 44.7 Å². The van der Waals surface area contributed by atoms with E-state index in [9.17, 15) is 0 Å². The molecule has 1 fully saturated rings. The van der Waals surface area contributed by atoms with Gasteiger partial charge in [0.1, 0.15) is 10.8 Å². The van der Waals surface area contributed by atoms with Gasteiger partial charge in [-0.1, -0.05) is 25.1 Å². The number of hydrogen-bond donors (Lipinski definition) is 1. The molecule has 4 rings (SSSR count). The van der Waals surface area contributed by atoms with Crippen molar-refractivity contribution in [2.45, 2.75) is 52.1 Å². The third-order valence-electron chi connectivity index (χ3n) is 5.32. The Balaban J connectivity index is 1.62. The number of aryl methyl sites for hydroxylation is 1. The lowest BCUT2D eigenvalue weighted by Gasteiger charge is -2.30. The van der Waals surface area contributed by atoms with Crippen molar-refractivity contribution in [3.05, 3.63) is 52.0 Å². The van der Waals surface area contributed by atoms with Crippen LogP contribution in [0.3, 0.4) is 0 Å². The van der Waals surface area contributed by atoms with Gasteiger partial charge in [-0.3, -0.25) is 0 Å². The molecule has 1 saturated heterocycles. The van der Waals surface area contributed by atoms with Crippen molar-refractivity contribution in [3.8, 4) is 0 Å². The molecule has 0 amide bonds. The van der Waals surface area contributed by atoms with E-state index in [1.807, 2.05) is 0 Å². The van der Waals surface area contributed by atoms with Gasteiger partial charge in [-0.25, -0.2) is 9.97 Å². The van der Waals surface area contributed by atoms with E-state index >= 15 is 0 Å². The summed E-state index contributed by atoms with van der Waals surface area (Å²) in [5.74, 6) is 1.16. The Morgan fingerprint density at radius 2 is 1.96 bits per heavy atom. The summed E-state index contributed by atoms with van der Waals surface area (Å²) in [5.41, 5.74) is 3.49. The SMILES string of the molecule is CCC(NCc1cc2ccccc2nc1N1CCCCC1)c1nc(C)cs1. The molecule has 1 aliphatic rings. The molecule has 3 heterocycles. The Morgan fingerprint density at radius 3 is 2.70 bits per heavy atom. The van der Waals surface area contributed by atoms with Crippen molar-refractivity contribution in [3.63, 3.8) is 0 Å². The van der Waals surface area contributed by atoms with Crippen LogP contribution in [0.4, 0.5) is 5.82 Å². The average molecular weight is 381 g/mol. The van der Waals surface area contributed by atoms with Gasteiger partial charge >= 0.3 is 0 Å². The standard InChI is InChI=1S/C22H28N4S/c1-3-19(22-24-16(2)15-27-22)23-14-18-13-17-9-5-6-10-20(17)25-21(18)26-11-7-4-8-12-26/h5-6,9-10,13,15,19,23H,3-4,7-8,11-12,14H2,1-2H3. The van der Waals surface area contributed by atoms with Crippen LogP contribution in [0.5, 0.6) is 0 Å². The maximum Gasteiger partial charge on any atom is 0.133 e. The molecule has 0 aliphatic carbocycles. The molecule has 5 heteroatoms. The van der Waals surface area contributed by atoms with Gasteiger partial charge < -0.3 is 10.2 Å². The number of para-hydroxylation sites is 1. The van der Waals surface area contributed by atoms with E-state index in [-0.39, 0.29) is 0 Å². The minimum absolute atomic E-state index is 0.296. The van der Waals surface area contributed by atoms with E-state index < -0.39 is 0 Å². The van der Waals surface area contributed by atoms with Gasteiger partial charge in [-0.15, -0.1) is 11.3 Å². The highest BCUT2D eigenvalue weighted by molar-refractivity contribution is 7.09. The van der Waals surface area contributed by atoms with Gasteiger partial charge in [-0.2, -0.15) is 0 Å². The molecule has 0 radical (unpaired) electrons. The van der Waals surface area contributed by atoms with Crippen LogP contribution in [-0.2, 0) is 6.54 Å². The molecule has 4 nitrogen and oxygen atoms in total. The molecule has 3 aromatic rings. The first-order valence-corrected chi connectivity index (χ1v) is 10.9. The van der Waals surface area contributed by atoms with Gasteiger partial charge in [0.2, 0.25) is 0 Å².